The van der Waals surface area contributed by atoms with Gasteiger partial charge in [0.15, 0.2) is 5.11 Å². The molecule has 31 heavy (non-hydrogen) atoms. The van der Waals surface area contributed by atoms with Crippen molar-refractivity contribution in [2.75, 3.05) is 27.2 Å². The van der Waals surface area contributed by atoms with E-state index in [1.165, 1.54) is 0 Å². The van der Waals surface area contributed by atoms with Crippen LogP contribution in [0.4, 0.5) is 0 Å². The molecular formula is C23H24N4O3S. The van der Waals surface area contributed by atoms with E-state index in [0.29, 0.717) is 28.7 Å². The largest absolute Gasteiger partial charge is 0.478 e. The quantitative estimate of drug-likeness (QED) is 0.544. The Morgan fingerprint density at radius 2 is 1.97 bits per heavy atom. The van der Waals surface area contributed by atoms with E-state index in [9.17, 15) is 9.90 Å². The Morgan fingerprint density at radius 3 is 2.68 bits per heavy atom. The molecule has 0 amide bonds. The third-order valence-electron chi connectivity index (χ3n) is 5.33. The molecule has 0 radical (unpaired) electrons. The Morgan fingerprint density at radius 1 is 1.19 bits per heavy atom. The van der Waals surface area contributed by atoms with Gasteiger partial charge in [-0.25, -0.2) is 4.79 Å². The Hall–Kier alpha value is -3.23. The SMILES string of the molecule is CN(C)CCN1C(=S)N[C@H](c2ccccn2)[C@H]1c1ccc(-c2ccccc2C(=O)O)o1. The molecule has 2 N–H and O–H groups in total. The fourth-order valence-electron chi connectivity index (χ4n) is 3.80. The summed E-state index contributed by atoms with van der Waals surface area (Å²) in [5.74, 6) is 0.228. The molecule has 0 aliphatic carbocycles. The van der Waals surface area contributed by atoms with Crippen LogP contribution in [0.2, 0.25) is 0 Å². The molecule has 0 saturated carbocycles. The highest BCUT2D eigenvalue weighted by Crippen LogP contribution is 2.40. The predicted octanol–water partition coefficient (Wildman–Crippen LogP) is 3.57. The first-order chi connectivity index (χ1) is 15.0. The van der Waals surface area contributed by atoms with Gasteiger partial charge in [0.2, 0.25) is 0 Å². The number of furan rings is 1. The zero-order chi connectivity index (χ0) is 22.0. The summed E-state index contributed by atoms with van der Waals surface area (Å²) in [6, 6.07) is 16.0. The fourth-order valence-corrected chi connectivity index (χ4v) is 4.14. The van der Waals surface area contributed by atoms with Crippen LogP contribution >= 0.6 is 12.2 Å². The van der Waals surface area contributed by atoms with E-state index >= 15 is 0 Å². The lowest BCUT2D eigenvalue weighted by molar-refractivity contribution is 0.0697. The minimum absolute atomic E-state index is 0.176. The van der Waals surface area contributed by atoms with Crippen molar-refractivity contribution in [3.8, 4) is 11.3 Å². The Bertz CT molecular complexity index is 1080. The van der Waals surface area contributed by atoms with Crippen LogP contribution in [-0.4, -0.2) is 58.2 Å². The standard InChI is InChI=1S/C23H24N4O3S/c1-26(2)13-14-27-21(20(25-23(27)31)17-9-5-6-12-24-17)19-11-10-18(30-19)15-7-3-4-8-16(15)22(28)29/h3-12,20-21H,13-14H2,1-2H3,(H,25,31)(H,28,29)/t20-,21-/m1/s1. The number of pyridine rings is 1. The van der Waals surface area contributed by atoms with Gasteiger partial charge >= 0.3 is 5.97 Å². The molecule has 2 aromatic heterocycles. The van der Waals surface area contributed by atoms with Crippen molar-refractivity contribution in [3.05, 3.63) is 77.8 Å². The number of nitrogens with one attached hydrogen (secondary N) is 1. The van der Waals surface area contributed by atoms with Crippen LogP contribution in [0.25, 0.3) is 11.3 Å². The number of carboxylic acid groups (broad SMARTS) is 1. The Balaban J connectivity index is 1.73. The summed E-state index contributed by atoms with van der Waals surface area (Å²) in [5, 5.41) is 13.6. The van der Waals surface area contributed by atoms with Crippen LogP contribution < -0.4 is 5.32 Å². The van der Waals surface area contributed by atoms with Crippen LogP contribution in [0.3, 0.4) is 0 Å². The number of benzene rings is 1. The molecule has 1 aliphatic rings. The van der Waals surface area contributed by atoms with Gasteiger partial charge in [-0.15, -0.1) is 0 Å². The molecule has 7 nitrogen and oxygen atoms in total. The topological polar surface area (TPSA) is 81.8 Å². The van der Waals surface area contributed by atoms with Gasteiger partial charge in [0.25, 0.3) is 0 Å². The summed E-state index contributed by atoms with van der Waals surface area (Å²) in [7, 11) is 4.04. The maximum atomic E-state index is 11.6. The summed E-state index contributed by atoms with van der Waals surface area (Å²) in [6.45, 7) is 1.54. The highest BCUT2D eigenvalue weighted by Gasteiger charge is 2.41. The number of carboxylic acids is 1. The van der Waals surface area contributed by atoms with E-state index in [0.717, 1.165) is 12.2 Å². The first-order valence-electron chi connectivity index (χ1n) is 10.0. The average Bonchev–Trinajstić information content (AvgIpc) is 3.37. The molecule has 1 fully saturated rings. The number of hydrogen-bond acceptors (Lipinski definition) is 5. The van der Waals surface area contributed by atoms with Gasteiger partial charge in [0, 0.05) is 24.8 Å². The zero-order valence-corrected chi connectivity index (χ0v) is 18.2. The van der Waals surface area contributed by atoms with Gasteiger partial charge in [-0.1, -0.05) is 24.3 Å². The van der Waals surface area contributed by atoms with Gasteiger partial charge in [0.05, 0.1) is 17.3 Å². The lowest BCUT2D eigenvalue weighted by Gasteiger charge is -2.27. The molecule has 0 unspecified atom stereocenters. The minimum Gasteiger partial charge on any atom is -0.478 e. The lowest BCUT2D eigenvalue weighted by Crippen LogP contribution is -2.35. The first kappa shape index (κ1) is 21.0. The summed E-state index contributed by atoms with van der Waals surface area (Å²) < 4.78 is 6.24. The van der Waals surface area contributed by atoms with Gasteiger partial charge in [-0.2, -0.15) is 0 Å². The maximum absolute atomic E-state index is 11.6. The number of aromatic nitrogens is 1. The highest BCUT2D eigenvalue weighted by atomic mass is 32.1. The number of aromatic carboxylic acids is 1. The van der Waals surface area contributed by atoms with Crippen molar-refractivity contribution in [3.63, 3.8) is 0 Å². The van der Waals surface area contributed by atoms with E-state index in [-0.39, 0.29) is 17.6 Å². The van der Waals surface area contributed by atoms with Crippen molar-refractivity contribution in [1.29, 1.82) is 0 Å². The van der Waals surface area contributed by atoms with E-state index in [4.69, 9.17) is 16.6 Å². The van der Waals surface area contributed by atoms with E-state index in [2.05, 4.69) is 20.1 Å². The van der Waals surface area contributed by atoms with Crippen molar-refractivity contribution in [2.45, 2.75) is 12.1 Å². The number of nitrogens with zero attached hydrogens (tertiary/aromatic N) is 3. The molecule has 1 aromatic carbocycles. The third kappa shape index (κ3) is 4.30. The van der Waals surface area contributed by atoms with Crippen molar-refractivity contribution >= 4 is 23.3 Å². The molecule has 0 spiro atoms. The Labute approximate surface area is 186 Å². The van der Waals surface area contributed by atoms with Crippen molar-refractivity contribution < 1.29 is 14.3 Å². The van der Waals surface area contributed by atoms with Crippen molar-refractivity contribution in [1.82, 2.24) is 20.1 Å². The summed E-state index contributed by atoms with van der Waals surface area (Å²) >= 11 is 5.65. The molecule has 1 saturated heterocycles. The molecule has 1 aliphatic heterocycles. The number of rotatable bonds is 7. The predicted molar refractivity (Wildman–Crippen MR) is 122 cm³/mol. The van der Waals surface area contributed by atoms with Gasteiger partial charge in [-0.3, -0.25) is 4.98 Å². The van der Waals surface area contributed by atoms with Gasteiger partial charge in [-0.05, 0) is 56.6 Å². The molecule has 8 heteroatoms. The maximum Gasteiger partial charge on any atom is 0.336 e. The van der Waals surface area contributed by atoms with Crippen LogP contribution in [0, 0.1) is 0 Å². The molecular weight excluding hydrogens is 412 g/mol. The van der Waals surface area contributed by atoms with Crippen LogP contribution in [0.15, 0.2) is 65.2 Å². The number of hydrogen-bond donors (Lipinski definition) is 2. The van der Waals surface area contributed by atoms with Crippen LogP contribution in [0.5, 0.6) is 0 Å². The second kappa shape index (κ2) is 8.87. The monoisotopic (exact) mass is 436 g/mol. The number of likely N-dealkylation sites (N-methyl/N-ethyl adjacent to an activating group) is 1. The normalized spacial score (nSPS) is 18.4. The molecule has 4 rings (SSSR count). The Kier molecular flexibility index (Phi) is 6.01. The van der Waals surface area contributed by atoms with E-state index < -0.39 is 5.97 Å². The van der Waals surface area contributed by atoms with E-state index in [1.807, 2.05) is 44.4 Å². The van der Waals surface area contributed by atoms with Crippen LogP contribution in [0.1, 0.15) is 33.9 Å². The average molecular weight is 437 g/mol. The molecule has 160 valence electrons. The number of thiocarbonyl (C=S) groups is 1. The van der Waals surface area contributed by atoms with E-state index in [1.54, 1.807) is 30.5 Å². The van der Waals surface area contributed by atoms with Gasteiger partial charge in [0.1, 0.15) is 17.6 Å². The summed E-state index contributed by atoms with van der Waals surface area (Å²) in [4.78, 5) is 20.4. The second-order valence-electron chi connectivity index (χ2n) is 7.68. The lowest BCUT2D eigenvalue weighted by atomic mass is 10.0. The highest BCUT2D eigenvalue weighted by molar-refractivity contribution is 7.80. The first-order valence-corrected chi connectivity index (χ1v) is 10.4. The number of carbonyl (C=O) groups is 1. The summed E-state index contributed by atoms with van der Waals surface area (Å²) in [6.07, 6.45) is 1.76. The molecule has 3 heterocycles. The smallest absolute Gasteiger partial charge is 0.336 e. The third-order valence-corrected chi connectivity index (χ3v) is 5.68. The zero-order valence-electron chi connectivity index (χ0n) is 17.4. The molecule has 3 aromatic rings. The van der Waals surface area contributed by atoms with Gasteiger partial charge < -0.3 is 24.6 Å². The molecule has 0 bridgehead atoms. The van der Waals surface area contributed by atoms with Crippen LogP contribution in [-0.2, 0) is 0 Å². The molecule has 2 atom stereocenters. The second-order valence-corrected chi connectivity index (χ2v) is 8.06. The summed E-state index contributed by atoms with van der Waals surface area (Å²) in [5.41, 5.74) is 1.62. The fraction of sp³-hybridized carbons (Fsp3) is 0.261. The van der Waals surface area contributed by atoms with Crippen molar-refractivity contribution in [2.24, 2.45) is 0 Å². The minimum atomic E-state index is -0.990.